The second-order valence-electron chi connectivity index (χ2n) is 44.1. The minimum absolute atomic E-state index is 0.0494. The quantitative estimate of drug-likeness (QED) is 0.141. The molecule has 0 bridgehead atoms. The number of rotatable bonds is 8. The molecule has 0 saturated heterocycles. The molecule has 17 rings (SSSR count). The minimum Gasteiger partial charge on any atom is -0.311 e. The van der Waals surface area contributed by atoms with Crippen molar-refractivity contribution in [2.45, 2.75) is 236 Å². The van der Waals surface area contributed by atoms with Crippen LogP contribution in [-0.4, -0.2) is 15.8 Å². The molecule has 2 aliphatic rings. The summed E-state index contributed by atoms with van der Waals surface area (Å²) in [4.78, 5) is 5.49. The number of benzene rings is 13. The van der Waals surface area contributed by atoms with Gasteiger partial charge < -0.3 is 18.9 Å². The molecule has 0 aliphatic carbocycles. The molecule has 0 N–H and O–H groups in total. The second kappa shape index (κ2) is 27.9. The fourth-order valence-corrected chi connectivity index (χ4v) is 18.9. The number of nitrogens with zero attached hydrogens (tertiary/aromatic N) is 4. The van der Waals surface area contributed by atoms with Gasteiger partial charge in [-0.1, -0.05) is 345 Å². The third-order valence-electron chi connectivity index (χ3n) is 26.1. The number of fused-ring (bicyclic) bond motifs is 10. The summed E-state index contributed by atoms with van der Waals surface area (Å²) in [5.74, 6) is 0. The molecule has 602 valence electrons. The van der Waals surface area contributed by atoms with Gasteiger partial charge in [-0.15, -0.1) is 0 Å². The Hall–Kier alpha value is -10.9. The Morgan fingerprint density at radius 2 is 0.487 bits per heavy atom. The zero-order chi connectivity index (χ0) is 84.9. The summed E-state index contributed by atoms with van der Waals surface area (Å²) < 4.78 is 5.16. The van der Waals surface area contributed by atoms with E-state index < -0.39 is 0 Å². The summed E-state index contributed by atoms with van der Waals surface area (Å²) in [6, 6.07) is 101. The molecule has 13 aromatic carbocycles. The van der Waals surface area contributed by atoms with Gasteiger partial charge in [0, 0.05) is 66.8 Å². The van der Waals surface area contributed by atoms with E-state index in [1.807, 2.05) is 0 Å². The fraction of sp³-hybridized carbons (Fsp3) is 0.316. The van der Waals surface area contributed by atoms with E-state index in [1.165, 1.54) is 144 Å². The Morgan fingerprint density at radius 3 is 0.782 bits per heavy atom. The van der Waals surface area contributed by atoms with Crippen LogP contribution >= 0.6 is 0 Å². The molecule has 2 aromatic heterocycles. The highest BCUT2D eigenvalue weighted by Gasteiger charge is 2.46. The number of hydrogen-bond donors (Lipinski definition) is 0. The Bertz CT molecular complexity index is 6050. The average molecular weight is 1560 g/mol. The molecule has 0 fully saturated rings. The maximum Gasteiger partial charge on any atom is 0.252 e. The van der Waals surface area contributed by atoms with Crippen LogP contribution in [0.2, 0.25) is 0 Å². The first kappa shape index (κ1) is 80.5. The highest BCUT2D eigenvalue weighted by molar-refractivity contribution is 7.00. The van der Waals surface area contributed by atoms with Crippen LogP contribution in [0, 0.1) is 0 Å². The van der Waals surface area contributed by atoms with Crippen LogP contribution in [0.3, 0.4) is 0 Å². The van der Waals surface area contributed by atoms with Gasteiger partial charge in [-0.2, -0.15) is 0 Å². The van der Waals surface area contributed by atoms with Gasteiger partial charge in [0.2, 0.25) is 0 Å². The molecular formula is C114H123BN4. The van der Waals surface area contributed by atoms with Crippen molar-refractivity contribution in [2.75, 3.05) is 9.80 Å². The van der Waals surface area contributed by atoms with E-state index in [4.69, 9.17) is 0 Å². The molecule has 0 atom stereocenters. The van der Waals surface area contributed by atoms with Gasteiger partial charge in [0.15, 0.2) is 0 Å². The standard InChI is InChI=1S/C114H123BN4/c1-106(2,3)74-42-54-95-87(60-74)88-61-75(107(4,5)6)43-55-96(88)116(95)81-46-52-93-101(68-81)118(99-58-72(38-48-85(99)70-34-30-28-31-35-70)83-50-40-78(110(13,14)15)64-91(83)113(22,23)24)103-66-80(112(19,20)21)67-104-105(103)115(93)94-53-47-82(117-97-56-44-76(108(7,8)9)62-89(97)90-63-77(109(10,11)12)45-57-98(90)117)69-102(94)119(104)100-59-73(39-49-86(100)71-36-32-29-33-37-71)84-51-41-79(111(16,17)18)65-92(84)114(25,26)27/h28-69H,1-27H3. The maximum atomic E-state index is 2.74. The summed E-state index contributed by atoms with van der Waals surface area (Å²) >= 11 is 0. The molecule has 5 heteroatoms. The zero-order valence-electron chi connectivity index (χ0n) is 76.1. The normalized spacial score (nSPS) is 13.8. The Morgan fingerprint density at radius 1 is 0.202 bits per heavy atom. The molecule has 0 radical (unpaired) electrons. The topological polar surface area (TPSA) is 16.3 Å². The summed E-state index contributed by atoms with van der Waals surface area (Å²) in [7, 11) is 0. The molecule has 0 amide bonds. The minimum atomic E-state index is -0.342. The van der Waals surface area contributed by atoms with Crippen molar-refractivity contribution in [1.82, 2.24) is 9.13 Å². The lowest BCUT2D eigenvalue weighted by Crippen LogP contribution is -2.61. The molecule has 15 aromatic rings. The molecule has 0 saturated carbocycles. The van der Waals surface area contributed by atoms with Gasteiger partial charge in [-0.05, 0) is 246 Å². The molecular weight excluding hydrogens is 1440 g/mol. The Balaban J connectivity index is 1.04. The summed E-state index contributed by atoms with van der Waals surface area (Å²) in [5, 5.41) is 5.07. The lowest BCUT2D eigenvalue weighted by Gasteiger charge is -2.46. The predicted molar refractivity (Wildman–Crippen MR) is 519 cm³/mol. The fourth-order valence-electron chi connectivity index (χ4n) is 18.9. The summed E-state index contributed by atoms with van der Waals surface area (Å²) in [6.07, 6.45) is 0. The predicted octanol–water partition coefficient (Wildman–Crippen LogP) is 30.3. The van der Waals surface area contributed by atoms with Gasteiger partial charge in [0.25, 0.3) is 6.71 Å². The van der Waals surface area contributed by atoms with Crippen LogP contribution in [0.5, 0.6) is 0 Å². The van der Waals surface area contributed by atoms with Crippen LogP contribution in [0.15, 0.2) is 255 Å². The van der Waals surface area contributed by atoms with E-state index >= 15 is 0 Å². The van der Waals surface area contributed by atoms with Crippen LogP contribution < -0.4 is 26.2 Å². The maximum absolute atomic E-state index is 2.74. The van der Waals surface area contributed by atoms with Crippen molar-refractivity contribution in [2.24, 2.45) is 0 Å². The van der Waals surface area contributed by atoms with Crippen molar-refractivity contribution in [3.05, 3.63) is 305 Å². The number of aromatic nitrogens is 2. The van der Waals surface area contributed by atoms with E-state index in [1.54, 1.807) is 0 Å². The van der Waals surface area contributed by atoms with E-state index in [-0.39, 0.29) is 55.4 Å². The third kappa shape index (κ3) is 14.2. The van der Waals surface area contributed by atoms with Crippen molar-refractivity contribution >= 4 is 101 Å². The highest BCUT2D eigenvalue weighted by Crippen LogP contribution is 2.54. The monoisotopic (exact) mass is 1560 g/mol. The van der Waals surface area contributed by atoms with Gasteiger partial charge >= 0.3 is 0 Å². The largest absolute Gasteiger partial charge is 0.311 e. The molecule has 119 heavy (non-hydrogen) atoms. The molecule has 0 spiro atoms. The lowest BCUT2D eigenvalue weighted by molar-refractivity contribution is 0.569. The molecule has 2 aliphatic heterocycles. The van der Waals surface area contributed by atoms with Crippen LogP contribution in [-0.2, 0) is 48.7 Å². The number of anilines is 6. The van der Waals surface area contributed by atoms with E-state index in [0.717, 1.165) is 56.4 Å². The first-order valence-corrected chi connectivity index (χ1v) is 43.7. The van der Waals surface area contributed by atoms with Crippen LogP contribution in [0.1, 0.15) is 237 Å². The average Bonchev–Trinajstić information content (AvgIpc) is 0.933. The van der Waals surface area contributed by atoms with Gasteiger partial charge in [-0.25, -0.2) is 0 Å². The van der Waals surface area contributed by atoms with Crippen LogP contribution in [0.4, 0.5) is 34.1 Å². The smallest absolute Gasteiger partial charge is 0.252 e. The highest BCUT2D eigenvalue weighted by atomic mass is 15.2. The molecule has 0 unspecified atom stereocenters. The van der Waals surface area contributed by atoms with Crippen molar-refractivity contribution < 1.29 is 0 Å². The summed E-state index contributed by atoms with van der Waals surface area (Å²) in [5.41, 5.74) is 37.9. The van der Waals surface area contributed by atoms with Gasteiger partial charge in [0.05, 0.1) is 33.4 Å². The van der Waals surface area contributed by atoms with E-state index in [9.17, 15) is 0 Å². The lowest BCUT2D eigenvalue weighted by atomic mass is 9.33. The van der Waals surface area contributed by atoms with Gasteiger partial charge in [0.1, 0.15) is 0 Å². The van der Waals surface area contributed by atoms with Crippen molar-refractivity contribution in [3.8, 4) is 55.9 Å². The third-order valence-corrected chi connectivity index (χ3v) is 26.1. The van der Waals surface area contributed by atoms with Crippen molar-refractivity contribution in [3.63, 3.8) is 0 Å². The van der Waals surface area contributed by atoms with E-state index in [0.29, 0.717) is 0 Å². The molecule has 4 nitrogen and oxygen atoms in total. The van der Waals surface area contributed by atoms with E-state index in [2.05, 4.69) is 461 Å². The second-order valence-corrected chi connectivity index (χ2v) is 44.1. The van der Waals surface area contributed by atoms with Crippen molar-refractivity contribution in [1.29, 1.82) is 0 Å². The van der Waals surface area contributed by atoms with Gasteiger partial charge in [-0.3, -0.25) is 0 Å². The first-order chi connectivity index (χ1) is 55.7. The zero-order valence-corrected chi connectivity index (χ0v) is 76.1. The Labute approximate surface area is 711 Å². The SMILES string of the molecule is CC(C)(C)c1cc2c3c(c1)N(c1cc(-c4ccc(C(C)(C)C)cc4C(C)(C)C)ccc1-c1ccccc1)c1cc(-n4c5ccc(C(C)(C)C)cc5c5cc(C(C)(C)C)ccc54)ccc1B3c1ccc(-n3c4ccc(C(C)(C)C)cc4c4cc(C(C)(C)C)ccc43)cc1N2c1cc(-c2ccc(C(C)(C)C)cc2C(C)(C)C)ccc1-c1ccccc1. The number of hydrogen-bond acceptors (Lipinski definition) is 2. The molecule has 4 heterocycles. The first-order valence-electron chi connectivity index (χ1n) is 43.7. The van der Waals surface area contributed by atoms with Crippen LogP contribution in [0.25, 0.3) is 99.5 Å². The Kier molecular flexibility index (Phi) is 18.9. The summed E-state index contributed by atoms with van der Waals surface area (Å²) in [6.45, 7) is 63.5.